The number of hydrogen-bond acceptors (Lipinski definition) is 3. The molecule has 78 valence electrons. The van der Waals surface area contributed by atoms with Crippen LogP contribution in [0.25, 0.3) is 0 Å². The fourth-order valence-corrected chi connectivity index (χ4v) is 2.69. The maximum Gasteiger partial charge on any atom is 0.111 e. The molecular weight excluding hydrogens is 260 g/mol. The standard InChI is InChI=1S/C10H15BrN2S/c1-3-4-5-14-10-9(11)7(2)8(12)6-13-10/h6H,3-5,12H2,1-2H3. The summed E-state index contributed by atoms with van der Waals surface area (Å²) < 4.78 is 1.04. The number of rotatable bonds is 4. The van der Waals surface area contributed by atoms with E-state index in [-0.39, 0.29) is 0 Å². The van der Waals surface area contributed by atoms with Crippen molar-refractivity contribution in [2.45, 2.75) is 31.7 Å². The number of nitrogen functional groups attached to an aromatic ring is 1. The molecule has 1 heterocycles. The molecule has 2 nitrogen and oxygen atoms in total. The van der Waals surface area contributed by atoms with Gasteiger partial charge in [-0.25, -0.2) is 4.98 Å². The van der Waals surface area contributed by atoms with Crippen molar-refractivity contribution < 1.29 is 0 Å². The third-order valence-corrected chi connectivity index (χ3v) is 4.32. The first-order valence-electron chi connectivity index (χ1n) is 4.70. The SMILES string of the molecule is CCCCSc1ncc(N)c(C)c1Br. The quantitative estimate of drug-likeness (QED) is 0.673. The molecule has 0 saturated heterocycles. The highest BCUT2D eigenvalue weighted by molar-refractivity contribution is 9.10. The van der Waals surface area contributed by atoms with Crippen LogP contribution >= 0.6 is 27.7 Å². The second kappa shape index (κ2) is 5.61. The summed E-state index contributed by atoms with van der Waals surface area (Å²) in [5.74, 6) is 1.12. The van der Waals surface area contributed by atoms with Gasteiger partial charge in [0.2, 0.25) is 0 Å². The lowest BCUT2D eigenvalue weighted by atomic mass is 10.3. The van der Waals surface area contributed by atoms with Crippen LogP contribution in [0.1, 0.15) is 25.3 Å². The molecular formula is C10H15BrN2S. The van der Waals surface area contributed by atoms with Crippen LogP contribution in [0, 0.1) is 6.92 Å². The maximum absolute atomic E-state index is 5.74. The van der Waals surface area contributed by atoms with Crippen LogP contribution in [0.5, 0.6) is 0 Å². The lowest BCUT2D eigenvalue weighted by molar-refractivity contribution is 0.894. The van der Waals surface area contributed by atoms with Crippen molar-refractivity contribution in [1.82, 2.24) is 4.98 Å². The predicted molar refractivity (Wildman–Crippen MR) is 66.7 cm³/mol. The van der Waals surface area contributed by atoms with Gasteiger partial charge >= 0.3 is 0 Å². The molecule has 1 aromatic rings. The summed E-state index contributed by atoms with van der Waals surface area (Å²) in [6, 6.07) is 0. The molecule has 0 fully saturated rings. The van der Waals surface area contributed by atoms with E-state index in [1.807, 2.05) is 6.92 Å². The maximum atomic E-state index is 5.74. The topological polar surface area (TPSA) is 38.9 Å². The minimum absolute atomic E-state index is 0.747. The van der Waals surface area contributed by atoms with Crippen molar-refractivity contribution in [2.75, 3.05) is 11.5 Å². The zero-order chi connectivity index (χ0) is 10.6. The highest BCUT2D eigenvalue weighted by Gasteiger charge is 2.07. The number of pyridine rings is 1. The molecule has 0 atom stereocenters. The Morgan fingerprint density at radius 3 is 2.93 bits per heavy atom. The number of unbranched alkanes of at least 4 members (excludes halogenated alkanes) is 1. The molecule has 0 unspecified atom stereocenters. The molecule has 1 aromatic heterocycles. The molecule has 0 spiro atoms. The lowest BCUT2D eigenvalue weighted by Gasteiger charge is -2.07. The molecule has 0 saturated carbocycles. The largest absolute Gasteiger partial charge is 0.397 e. The summed E-state index contributed by atoms with van der Waals surface area (Å²) in [7, 11) is 0. The predicted octanol–water partition coefficient (Wildman–Crippen LogP) is 3.63. The first-order valence-corrected chi connectivity index (χ1v) is 6.48. The number of aromatic nitrogens is 1. The van der Waals surface area contributed by atoms with Gasteiger partial charge in [0, 0.05) is 0 Å². The van der Waals surface area contributed by atoms with Crippen LogP contribution in [0.3, 0.4) is 0 Å². The number of nitrogens with zero attached hydrogens (tertiary/aromatic N) is 1. The van der Waals surface area contributed by atoms with Gasteiger partial charge < -0.3 is 5.73 Å². The molecule has 1 rings (SSSR count). The third-order valence-electron chi connectivity index (χ3n) is 2.01. The summed E-state index contributed by atoms with van der Waals surface area (Å²) in [5, 5.41) is 1.05. The third kappa shape index (κ3) is 2.89. The molecule has 0 aromatic carbocycles. The first kappa shape index (κ1) is 11.9. The Kier molecular flexibility index (Phi) is 4.75. The average Bonchev–Trinajstić information content (AvgIpc) is 2.18. The Morgan fingerprint density at radius 1 is 1.57 bits per heavy atom. The number of anilines is 1. The van der Waals surface area contributed by atoms with Crippen LogP contribution in [0.4, 0.5) is 5.69 Å². The zero-order valence-electron chi connectivity index (χ0n) is 8.51. The van der Waals surface area contributed by atoms with E-state index in [2.05, 4.69) is 27.8 Å². The van der Waals surface area contributed by atoms with Gasteiger partial charge in [0.05, 0.1) is 16.4 Å². The van der Waals surface area contributed by atoms with Crippen LogP contribution < -0.4 is 5.73 Å². The minimum atomic E-state index is 0.747. The molecule has 0 amide bonds. The summed E-state index contributed by atoms with van der Waals surface area (Å²) in [4.78, 5) is 4.30. The fourth-order valence-electron chi connectivity index (χ4n) is 0.983. The van der Waals surface area contributed by atoms with E-state index in [1.165, 1.54) is 12.8 Å². The van der Waals surface area contributed by atoms with Crippen LogP contribution in [0.15, 0.2) is 15.7 Å². The molecule has 0 radical (unpaired) electrons. The Bertz CT molecular complexity index is 315. The normalized spacial score (nSPS) is 10.5. The number of thioether (sulfide) groups is 1. The average molecular weight is 275 g/mol. The van der Waals surface area contributed by atoms with Gasteiger partial charge in [-0.15, -0.1) is 11.8 Å². The summed E-state index contributed by atoms with van der Waals surface area (Å²) in [6.07, 6.45) is 4.18. The molecule has 0 bridgehead atoms. The van der Waals surface area contributed by atoms with Crippen molar-refractivity contribution in [3.05, 3.63) is 16.2 Å². The summed E-state index contributed by atoms with van der Waals surface area (Å²) in [5.41, 5.74) is 7.57. The second-order valence-electron chi connectivity index (χ2n) is 3.16. The van der Waals surface area contributed by atoms with E-state index in [9.17, 15) is 0 Å². The van der Waals surface area contributed by atoms with Gasteiger partial charge in [-0.2, -0.15) is 0 Å². The van der Waals surface area contributed by atoms with Gasteiger partial charge in [0.25, 0.3) is 0 Å². The van der Waals surface area contributed by atoms with Gasteiger partial charge in [-0.05, 0) is 40.6 Å². The Hall–Kier alpha value is -0.220. The molecule has 0 aliphatic heterocycles. The second-order valence-corrected chi connectivity index (χ2v) is 5.04. The van der Waals surface area contributed by atoms with E-state index in [4.69, 9.17) is 5.73 Å². The smallest absolute Gasteiger partial charge is 0.111 e. The molecule has 2 N–H and O–H groups in total. The van der Waals surface area contributed by atoms with Gasteiger partial charge in [-0.3, -0.25) is 0 Å². The number of halogens is 1. The van der Waals surface area contributed by atoms with E-state index in [0.29, 0.717) is 0 Å². The minimum Gasteiger partial charge on any atom is -0.397 e. The Balaban J connectivity index is 2.73. The Labute approximate surface area is 97.8 Å². The van der Waals surface area contributed by atoms with Crippen LogP contribution in [-0.2, 0) is 0 Å². The van der Waals surface area contributed by atoms with E-state index >= 15 is 0 Å². The van der Waals surface area contributed by atoms with Gasteiger partial charge in [-0.1, -0.05) is 13.3 Å². The van der Waals surface area contributed by atoms with E-state index in [0.717, 1.165) is 26.5 Å². The summed E-state index contributed by atoms with van der Waals surface area (Å²) in [6.45, 7) is 4.20. The van der Waals surface area contributed by atoms with Gasteiger partial charge in [0.15, 0.2) is 0 Å². The van der Waals surface area contributed by atoms with E-state index < -0.39 is 0 Å². The fraction of sp³-hybridized carbons (Fsp3) is 0.500. The van der Waals surface area contributed by atoms with Gasteiger partial charge in [0.1, 0.15) is 5.03 Å². The van der Waals surface area contributed by atoms with Crippen molar-refractivity contribution >= 4 is 33.4 Å². The van der Waals surface area contributed by atoms with E-state index in [1.54, 1.807) is 18.0 Å². The highest BCUT2D eigenvalue weighted by atomic mass is 79.9. The van der Waals surface area contributed by atoms with Crippen molar-refractivity contribution in [1.29, 1.82) is 0 Å². The molecule has 0 aliphatic rings. The van der Waals surface area contributed by atoms with Crippen LogP contribution in [0.2, 0.25) is 0 Å². The van der Waals surface area contributed by atoms with Crippen molar-refractivity contribution in [3.8, 4) is 0 Å². The number of nitrogens with two attached hydrogens (primary N) is 1. The van der Waals surface area contributed by atoms with Crippen molar-refractivity contribution in [3.63, 3.8) is 0 Å². The van der Waals surface area contributed by atoms with Crippen LogP contribution in [-0.4, -0.2) is 10.7 Å². The zero-order valence-corrected chi connectivity index (χ0v) is 10.9. The summed E-state index contributed by atoms with van der Waals surface area (Å²) >= 11 is 5.30. The molecule has 4 heteroatoms. The molecule has 14 heavy (non-hydrogen) atoms. The Morgan fingerprint density at radius 2 is 2.29 bits per heavy atom. The first-order chi connectivity index (χ1) is 6.66. The monoisotopic (exact) mass is 274 g/mol. The lowest BCUT2D eigenvalue weighted by Crippen LogP contribution is -1.94. The molecule has 0 aliphatic carbocycles. The number of hydrogen-bond donors (Lipinski definition) is 1. The highest BCUT2D eigenvalue weighted by Crippen LogP contribution is 2.31. The van der Waals surface area contributed by atoms with Crippen molar-refractivity contribution in [2.24, 2.45) is 0 Å².